The minimum atomic E-state index is -1.03. The lowest BCUT2D eigenvalue weighted by Gasteiger charge is -2.10. The molecule has 21 heavy (non-hydrogen) atoms. The number of carboxylic acid groups (broad SMARTS) is 1. The van der Waals surface area contributed by atoms with Gasteiger partial charge in [-0.3, -0.25) is 0 Å². The highest BCUT2D eigenvalue weighted by molar-refractivity contribution is 6.31. The van der Waals surface area contributed by atoms with Crippen molar-refractivity contribution >= 4 is 29.2 Å². The lowest BCUT2D eigenvalue weighted by Crippen LogP contribution is -2.02. The van der Waals surface area contributed by atoms with Crippen LogP contribution in [-0.2, 0) is 4.79 Å². The molecule has 1 N–H and O–H groups in total. The van der Waals surface area contributed by atoms with E-state index < -0.39 is 5.97 Å². The zero-order valence-corrected chi connectivity index (χ0v) is 12.5. The minimum Gasteiger partial charge on any atom is -0.496 e. The molecule has 108 valence electrons. The van der Waals surface area contributed by atoms with Crippen LogP contribution in [0.5, 0.6) is 5.75 Å². The largest absolute Gasteiger partial charge is 0.496 e. The Balaban J connectivity index is 2.56. The molecule has 0 spiro atoms. The molecule has 0 amide bonds. The molecule has 0 aliphatic rings. The van der Waals surface area contributed by atoms with Crippen LogP contribution in [0, 0.1) is 6.92 Å². The van der Waals surface area contributed by atoms with Crippen molar-refractivity contribution in [1.29, 1.82) is 0 Å². The third-order valence-corrected chi connectivity index (χ3v) is 3.31. The van der Waals surface area contributed by atoms with Gasteiger partial charge < -0.3 is 9.84 Å². The fourth-order valence-corrected chi connectivity index (χ4v) is 2.15. The third-order valence-electron chi connectivity index (χ3n) is 3.07. The number of rotatable bonds is 4. The number of ether oxygens (including phenoxy) is 1. The van der Waals surface area contributed by atoms with E-state index in [-0.39, 0.29) is 5.57 Å². The number of carboxylic acids is 1. The second-order valence-corrected chi connectivity index (χ2v) is 5.05. The van der Waals surface area contributed by atoms with E-state index in [0.29, 0.717) is 16.3 Å². The Kier molecular flexibility index (Phi) is 4.66. The molecule has 4 heteroatoms. The van der Waals surface area contributed by atoms with Gasteiger partial charge in [0.2, 0.25) is 0 Å². The van der Waals surface area contributed by atoms with E-state index >= 15 is 0 Å². The SMILES string of the molecule is COc1ccc(Cl)cc1/C(=C/c1ccc(C)cc1)C(=O)O. The summed E-state index contributed by atoms with van der Waals surface area (Å²) in [6.07, 6.45) is 1.61. The van der Waals surface area contributed by atoms with Crippen molar-refractivity contribution in [2.24, 2.45) is 0 Å². The molecule has 0 atom stereocenters. The monoisotopic (exact) mass is 302 g/mol. The average Bonchev–Trinajstić information content (AvgIpc) is 2.46. The van der Waals surface area contributed by atoms with Crippen molar-refractivity contribution in [2.75, 3.05) is 7.11 Å². The van der Waals surface area contributed by atoms with Gasteiger partial charge in [-0.05, 0) is 36.8 Å². The van der Waals surface area contributed by atoms with Crippen LogP contribution in [0.2, 0.25) is 5.02 Å². The summed E-state index contributed by atoms with van der Waals surface area (Å²) in [6.45, 7) is 1.98. The Hall–Kier alpha value is -2.26. The molecular formula is C17H15ClO3. The predicted octanol–water partition coefficient (Wildman–Crippen LogP) is 4.28. The first-order valence-corrected chi connectivity index (χ1v) is 6.74. The molecule has 2 aromatic carbocycles. The molecule has 0 aliphatic heterocycles. The van der Waals surface area contributed by atoms with Gasteiger partial charge >= 0.3 is 5.97 Å². The van der Waals surface area contributed by atoms with Crippen LogP contribution in [-0.4, -0.2) is 18.2 Å². The van der Waals surface area contributed by atoms with Crippen LogP contribution < -0.4 is 4.74 Å². The third kappa shape index (κ3) is 3.64. The maximum Gasteiger partial charge on any atom is 0.336 e. The first kappa shape index (κ1) is 15.1. The molecule has 0 saturated carbocycles. The van der Waals surface area contributed by atoms with E-state index in [0.717, 1.165) is 11.1 Å². The zero-order chi connectivity index (χ0) is 15.4. The normalized spacial score (nSPS) is 11.3. The summed E-state index contributed by atoms with van der Waals surface area (Å²) in [5, 5.41) is 9.95. The number of hydrogen-bond donors (Lipinski definition) is 1. The molecule has 0 unspecified atom stereocenters. The van der Waals surface area contributed by atoms with Crippen LogP contribution in [0.25, 0.3) is 11.6 Å². The topological polar surface area (TPSA) is 46.5 Å². The van der Waals surface area contributed by atoms with E-state index in [9.17, 15) is 9.90 Å². The van der Waals surface area contributed by atoms with Crippen LogP contribution in [0.3, 0.4) is 0 Å². The summed E-state index contributed by atoms with van der Waals surface area (Å²) < 4.78 is 5.23. The van der Waals surface area contributed by atoms with Crippen LogP contribution in [0.4, 0.5) is 0 Å². The predicted molar refractivity (Wildman–Crippen MR) is 84.7 cm³/mol. The Morgan fingerprint density at radius 2 is 1.86 bits per heavy atom. The average molecular weight is 303 g/mol. The molecule has 2 aromatic rings. The van der Waals surface area contributed by atoms with Crippen molar-refractivity contribution in [2.45, 2.75) is 6.92 Å². The molecule has 3 nitrogen and oxygen atoms in total. The first-order chi connectivity index (χ1) is 10.0. The number of aliphatic carboxylic acids is 1. The maximum absolute atomic E-state index is 11.6. The Labute approximate surface area is 128 Å². The van der Waals surface area contributed by atoms with E-state index in [1.165, 1.54) is 7.11 Å². The molecule has 0 fully saturated rings. The fraction of sp³-hybridized carbons (Fsp3) is 0.118. The van der Waals surface area contributed by atoms with Crippen LogP contribution in [0.15, 0.2) is 42.5 Å². The fourth-order valence-electron chi connectivity index (χ4n) is 1.97. The molecule has 0 aliphatic carbocycles. The second kappa shape index (κ2) is 6.46. The lowest BCUT2D eigenvalue weighted by molar-refractivity contribution is -0.130. The molecule has 0 radical (unpaired) electrons. The number of methoxy groups -OCH3 is 1. The highest BCUT2D eigenvalue weighted by Gasteiger charge is 2.16. The standard InChI is InChI=1S/C17H15ClO3/c1-11-3-5-12(6-4-11)9-15(17(19)20)14-10-13(18)7-8-16(14)21-2/h3-10H,1-2H3,(H,19,20)/b15-9-. The summed E-state index contributed by atoms with van der Waals surface area (Å²) >= 11 is 5.97. The van der Waals surface area contributed by atoms with Crippen LogP contribution in [0.1, 0.15) is 16.7 Å². The smallest absolute Gasteiger partial charge is 0.336 e. The van der Waals surface area contributed by atoms with Gasteiger partial charge in [-0.1, -0.05) is 41.4 Å². The Morgan fingerprint density at radius 3 is 2.43 bits per heavy atom. The van der Waals surface area contributed by atoms with Crippen molar-refractivity contribution in [3.63, 3.8) is 0 Å². The van der Waals surface area contributed by atoms with Crippen molar-refractivity contribution < 1.29 is 14.6 Å². The van der Waals surface area contributed by atoms with Gasteiger partial charge in [0.1, 0.15) is 5.75 Å². The van der Waals surface area contributed by atoms with Gasteiger partial charge in [0.15, 0.2) is 0 Å². The van der Waals surface area contributed by atoms with Gasteiger partial charge in [-0.2, -0.15) is 0 Å². The van der Waals surface area contributed by atoms with Gasteiger partial charge in [0.05, 0.1) is 12.7 Å². The number of aryl methyl sites for hydroxylation is 1. The van der Waals surface area contributed by atoms with E-state index in [1.807, 2.05) is 31.2 Å². The van der Waals surface area contributed by atoms with Gasteiger partial charge in [-0.15, -0.1) is 0 Å². The maximum atomic E-state index is 11.6. The molecular weight excluding hydrogens is 288 g/mol. The zero-order valence-electron chi connectivity index (χ0n) is 11.8. The lowest BCUT2D eigenvalue weighted by atomic mass is 10.0. The highest BCUT2D eigenvalue weighted by atomic mass is 35.5. The molecule has 0 heterocycles. The second-order valence-electron chi connectivity index (χ2n) is 4.62. The van der Waals surface area contributed by atoms with Gasteiger partial charge in [0.25, 0.3) is 0 Å². The molecule has 0 aromatic heterocycles. The van der Waals surface area contributed by atoms with E-state index in [4.69, 9.17) is 16.3 Å². The number of hydrogen-bond acceptors (Lipinski definition) is 2. The number of benzene rings is 2. The van der Waals surface area contributed by atoms with Crippen molar-refractivity contribution in [3.8, 4) is 5.75 Å². The highest BCUT2D eigenvalue weighted by Crippen LogP contribution is 2.30. The van der Waals surface area contributed by atoms with Gasteiger partial charge in [-0.25, -0.2) is 4.79 Å². The van der Waals surface area contributed by atoms with E-state index in [2.05, 4.69) is 0 Å². The molecule has 0 bridgehead atoms. The number of halogens is 1. The summed E-state index contributed by atoms with van der Waals surface area (Å²) in [5.41, 5.74) is 2.51. The summed E-state index contributed by atoms with van der Waals surface area (Å²) in [5.74, 6) is -0.559. The van der Waals surface area contributed by atoms with Crippen molar-refractivity contribution in [1.82, 2.24) is 0 Å². The quantitative estimate of drug-likeness (QED) is 0.677. The van der Waals surface area contributed by atoms with Crippen LogP contribution >= 0.6 is 11.6 Å². The van der Waals surface area contributed by atoms with Gasteiger partial charge in [0, 0.05) is 10.6 Å². The summed E-state index contributed by atoms with van der Waals surface area (Å²) in [4.78, 5) is 11.6. The number of carbonyl (C=O) groups is 1. The van der Waals surface area contributed by atoms with Crippen molar-refractivity contribution in [3.05, 3.63) is 64.2 Å². The summed E-state index contributed by atoms with van der Waals surface area (Å²) in [7, 11) is 1.50. The first-order valence-electron chi connectivity index (χ1n) is 6.37. The molecule has 0 saturated heterocycles. The Morgan fingerprint density at radius 1 is 1.19 bits per heavy atom. The van der Waals surface area contributed by atoms with E-state index in [1.54, 1.807) is 24.3 Å². The minimum absolute atomic E-state index is 0.137. The molecule has 2 rings (SSSR count). The Bertz CT molecular complexity index is 688. The summed E-state index contributed by atoms with van der Waals surface area (Å²) in [6, 6.07) is 12.5.